The number of ether oxygens (including phenoxy) is 2. The Kier molecular flexibility index (Phi) is 6.83. The van der Waals surface area contributed by atoms with E-state index in [1.807, 2.05) is 13.0 Å². The molecule has 4 fully saturated rings. The molecule has 2 heterocycles. The fourth-order valence-corrected chi connectivity index (χ4v) is 8.79. The Morgan fingerprint density at radius 1 is 1.31 bits per heavy atom. The highest BCUT2D eigenvalue weighted by molar-refractivity contribution is 6.29. The molecule has 208 valence electrons. The summed E-state index contributed by atoms with van der Waals surface area (Å²) in [5, 5.41) is 7.81. The van der Waals surface area contributed by atoms with E-state index in [9.17, 15) is 14.4 Å². The van der Waals surface area contributed by atoms with Crippen LogP contribution in [0, 0.1) is 28.6 Å². The predicted octanol–water partition coefficient (Wildman–Crippen LogP) is 5.91. The number of carbonyl (C=O) groups excluding carboxylic acids is 3. The SMILES string of the molecule is C=C/C=C\O.C[C@@H]1CC2C3CCC4=CC(=O)C=C[C@]4(C)[C@@]34O[C@H]4C[C@]2(C)[C@@]1(OC(=O)c1ccco1)C(=O)CCl. The van der Waals surface area contributed by atoms with Crippen LogP contribution in [0.1, 0.15) is 57.0 Å². The van der Waals surface area contributed by atoms with E-state index < -0.39 is 17.0 Å². The molecule has 1 spiro atoms. The average Bonchev–Trinajstić information content (AvgIpc) is 3.27. The zero-order valence-corrected chi connectivity index (χ0v) is 23.3. The maximum absolute atomic E-state index is 13.6. The van der Waals surface area contributed by atoms with Crippen LogP contribution in [0.3, 0.4) is 0 Å². The number of allylic oxidation sites excluding steroid dienone is 4. The minimum atomic E-state index is -1.35. The summed E-state index contributed by atoms with van der Waals surface area (Å²) in [6, 6.07) is 3.17. The normalized spacial score (nSPS) is 41.2. The first-order valence-electron chi connectivity index (χ1n) is 13.5. The highest BCUT2D eigenvalue weighted by Gasteiger charge is 2.82. The molecular weight excluding hydrogens is 520 g/mol. The van der Waals surface area contributed by atoms with Crippen LogP contribution < -0.4 is 0 Å². The van der Waals surface area contributed by atoms with Crippen LogP contribution in [0.2, 0.25) is 0 Å². The number of ketones is 2. The van der Waals surface area contributed by atoms with Crippen molar-refractivity contribution in [2.45, 2.75) is 63.8 Å². The Balaban J connectivity index is 0.000000567. The van der Waals surface area contributed by atoms with Crippen molar-refractivity contribution < 1.29 is 33.4 Å². The lowest BCUT2D eigenvalue weighted by Crippen LogP contribution is -2.63. The minimum Gasteiger partial charge on any atom is -0.516 e. The molecule has 1 N–H and O–H groups in total. The zero-order chi connectivity index (χ0) is 28.2. The Morgan fingerprint density at radius 3 is 2.69 bits per heavy atom. The van der Waals surface area contributed by atoms with Crippen LogP contribution in [0.5, 0.6) is 0 Å². The largest absolute Gasteiger partial charge is 0.516 e. The summed E-state index contributed by atoms with van der Waals surface area (Å²) in [6.45, 7) is 9.57. The van der Waals surface area contributed by atoms with Gasteiger partial charge in [0.25, 0.3) is 0 Å². The number of carbonyl (C=O) groups is 3. The molecule has 1 aliphatic heterocycles. The molecule has 1 saturated heterocycles. The Labute approximate surface area is 233 Å². The van der Waals surface area contributed by atoms with E-state index in [2.05, 4.69) is 20.4 Å². The quantitative estimate of drug-likeness (QED) is 0.158. The molecule has 4 aliphatic carbocycles. The van der Waals surface area contributed by atoms with Crippen LogP contribution in [0.15, 0.2) is 71.6 Å². The lowest BCUT2D eigenvalue weighted by atomic mass is 9.46. The number of rotatable bonds is 5. The van der Waals surface area contributed by atoms with Crippen molar-refractivity contribution in [1.29, 1.82) is 0 Å². The summed E-state index contributed by atoms with van der Waals surface area (Å²) in [5.41, 5.74) is -1.56. The van der Waals surface area contributed by atoms with Gasteiger partial charge < -0.3 is 19.0 Å². The lowest BCUT2D eigenvalue weighted by molar-refractivity contribution is -0.162. The van der Waals surface area contributed by atoms with Crippen LogP contribution in [-0.4, -0.2) is 45.8 Å². The Morgan fingerprint density at radius 2 is 2.08 bits per heavy atom. The van der Waals surface area contributed by atoms with Gasteiger partial charge in [-0.25, -0.2) is 4.79 Å². The summed E-state index contributed by atoms with van der Waals surface area (Å²) in [7, 11) is 0. The smallest absolute Gasteiger partial charge is 0.375 e. The fraction of sp³-hybridized carbons (Fsp3) is 0.516. The van der Waals surface area contributed by atoms with Crippen molar-refractivity contribution in [2.24, 2.45) is 28.6 Å². The van der Waals surface area contributed by atoms with Crippen LogP contribution in [0.4, 0.5) is 0 Å². The van der Waals surface area contributed by atoms with Gasteiger partial charge in [0.2, 0.25) is 5.76 Å². The number of fused-ring (bicyclic) bond motifs is 3. The fourth-order valence-electron chi connectivity index (χ4n) is 8.59. The molecule has 5 aliphatic rings. The second-order valence-electron chi connectivity index (χ2n) is 11.8. The van der Waals surface area contributed by atoms with E-state index >= 15 is 0 Å². The number of hydrogen-bond acceptors (Lipinski definition) is 7. The first-order valence-corrected chi connectivity index (χ1v) is 14.0. The number of Topliss-reactive ketones (excluding diaryl/α,β-unsaturated/α-hetero) is 1. The van der Waals surface area contributed by atoms with E-state index in [-0.39, 0.29) is 58.1 Å². The van der Waals surface area contributed by atoms with Gasteiger partial charge in [0.15, 0.2) is 17.2 Å². The average molecular weight is 555 g/mol. The molecular formula is C31H35ClO7. The number of esters is 1. The summed E-state index contributed by atoms with van der Waals surface area (Å²) in [5.74, 6) is -0.916. The van der Waals surface area contributed by atoms with Crippen LogP contribution in [-0.2, 0) is 19.1 Å². The molecule has 7 nitrogen and oxygen atoms in total. The van der Waals surface area contributed by atoms with E-state index in [4.69, 9.17) is 30.6 Å². The molecule has 1 aromatic rings. The molecule has 39 heavy (non-hydrogen) atoms. The zero-order valence-electron chi connectivity index (χ0n) is 22.5. The highest BCUT2D eigenvalue weighted by atomic mass is 35.5. The van der Waals surface area contributed by atoms with E-state index in [0.717, 1.165) is 31.1 Å². The van der Waals surface area contributed by atoms with Crippen molar-refractivity contribution in [3.05, 3.63) is 73.0 Å². The molecule has 1 aromatic heterocycles. The topological polar surface area (TPSA) is 106 Å². The van der Waals surface area contributed by atoms with E-state index in [0.29, 0.717) is 6.42 Å². The van der Waals surface area contributed by atoms with Gasteiger partial charge in [-0.15, -0.1) is 11.6 Å². The van der Waals surface area contributed by atoms with E-state index in [1.165, 1.54) is 18.4 Å². The molecule has 0 bridgehead atoms. The van der Waals surface area contributed by atoms with Crippen LogP contribution >= 0.6 is 11.6 Å². The van der Waals surface area contributed by atoms with Crippen molar-refractivity contribution in [3.8, 4) is 0 Å². The van der Waals surface area contributed by atoms with E-state index in [1.54, 1.807) is 24.3 Å². The standard InChI is InChI=1S/C27H29ClO6.C4H6O/c1-15-11-19-18-7-6-16-12-17(29)8-9-24(16,2)27(18)22(33-27)13-25(19,3)26(15,21(30)14-28)34-23(31)20-5-4-10-32-20;1-2-3-4-5/h4-5,8-10,12,15,18-19,22H,6-7,11,13-14H2,1-3H3;2-5H,1H2/b;4-3-/t15-,18?,19?,22+,24+,25+,26+,27-;/m1./s1. The third-order valence-electron chi connectivity index (χ3n) is 10.2. The summed E-state index contributed by atoms with van der Waals surface area (Å²) >= 11 is 6.15. The van der Waals surface area contributed by atoms with Crippen LogP contribution in [0.25, 0.3) is 0 Å². The van der Waals surface area contributed by atoms with Gasteiger partial charge >= 0.3 is 5.97 Å². The lowest BCUT2D eigenvalue weighted by Gasteiger charge is -2.56. The molecule has 8 atom stereocenters. The number of aliphatic hydroxyl groups excluding tert-OH is 1. The van der Waals surface area contributed by atoms with Gasteiger partial charge in [0.05, 0.1) is 24.5 Å². The number of aliphatic hydroxyl groups is 1. The minimum absolute atomic E-state index is 0.0335. The Bertz CT molecular complexity index is 1280. The number of hydrogen-bond donors (Lipinski definition) is 1. The highest BCUT2D eigenvalue weighted by Crippen LogP contribution is 2.77. The van der Waals surface area contributed by atoms with Crippen molar-refractivity contribution in [3.63, 3.8) is 0 Å². The Hall–Kier alpha value is -2.90. The first-order chi connectivity index (χ1) is 18.6. The van der Waals surface area contributed by atoms with Crippen molar-refractivity contribution >= 4 is 29.1 Å². The van der Waals surface area contributed by atoms with Gasteiger partial charge in [-0.05, 0) is 74.8 Å². The summed E-state index contributed by atoms with van der Waals surface area (Å²) < 4.78 is 18.0. The van der Waals surface area contributed by atoms with Gasteiger partial charge in [-0.3, -0.25) is 9.59 Å². The van der Waals surface area contributed by atoms with Gasteiger partial charge in [-0.2, -0.15) is 0 Å². The van der Waals surface area contributed by atoms with Crippen molar-refractivity contribution in [2.75, 3.05) is 5.88 Å². The number of epoxide rings is 1. The summed E-state index contributed by atoms with van der Waals surface area (Å²) in [4.78, 5) is 38.8. The maximum atomic E-state index is 13.6. The molecule has 2 unspecified atom stereocenters. The number of halogens is 1. The number of alkyl halides is 1. The monoisotopic (exact) mass is 554 g/mol. The molecule has 6 rings (SSSR count). The first kappa shape index (κ1) is 27.7. The molecule has 0 radical (unpaired) electrons. The third kappa shape index (κ3) is 3.69. The molecule has 8 heteroatoms. The van der Waals surface area contributed by atoms with Gasteiger partial charge in [0.1, 0.15) is 5.60 Å². The third-order valence-corrected chi connectivity index (χ3v) is 10.5. The molecule has 0 amide bonds. The predicted molar refractivity (Wildman–Crippen MR) is 145 cm³/mol. The molecule has 3 saturated carbocycles. The second-order valence-corrected chi connectivity index (χ2v) is 12.0. The maximum Gasteiger partial charge on any atom is 0.375 e. The second kappa shape index (κ2) is 9.63. The van der Waals surface area contributed by atoms with Gasteiger partial charge in [0, 0.05) is 16.7 Å². The number of furan rings is 1. The molecule has 0 aromatic carbocycles. The van der Waals surface area contributed by atoms with Gasteiger partial charge in [-0.1, -0.05) is 38.2 Å². The summed E-state index contributed by atoms with van der Waals surface area (Å²) in [6.07, 6.45) is 13.7. The van der Waals surface area contributed by atoms with Crippen molar-refractivity contribution in [1.82, 2.24) is 0 Å².